The van der Waals surface area contributed by atoms with Gasteiger partial charge in [0.1, 0.15) is 11.8 Å². The monoisotopic (exact) mass is 328 g/mol. The van der Waals surface area contributed by atoms with Crippen LogP contribution in [0.1, 0.15) is 5.56 Å². The number of H-pyrrole nitrogens is 1. The van der Waals surface area contributed by atoms with Crippen molar-refractivity contribution in [3.05, 3.63) is 47.5 Å². The molecule has 1 aliphatic rings. The van der Waals surface area contributed by atoms with Gasteiger partial charge in [0.25, 0.3) is 0 Å². The molecule has 3 heterocycles. The van der Waals surface area contributed by atoms with Crippen molar-refractivity contribution in [1.82, 2.24) is 24.8 Å². The van der Waals surface area contributed by atoms with E-state index in [0.29, 0.717) is 5.65 Å². The zero-order valence-electron chi connectivity index (χ0n) is 12.6. The highest BCUT2D eigenvalue weighted by Gasteiger charge is 2.21. The third-order valence-electron chi connectivity index (χ3n) is 4.23. The number of halogens is 1. The second kappa shape index (κ2) is 6.14. The summed E-state index contributed by atoms with van der Waals surface area (Å²) < 4.78 is 0. The zero-order chi connectivity index (χ0) is 15.6. The molecule has 4 rings (SSSR count). The fourth-order valence-electron chi connectivity index (χ4n) is 2.98. The number of piperazine rings is 1. The molecule has 23 heavy (non-hydrogen) atoms. The third-order valence-corrected chi connectivity index (χ3v) is 4.60. The number of anilines is 1. The zero-order valence-corrected chi connectivity index (χ0v) is 13.4. The van der Waals surface area contributed by atoms with Crippen LogP contribution in [0.5, 0.6) is 0 Å². The number of imidazole rings is 1. The van der Waals surface area contributed by atoms with E-state index in [1.54, 1.807) is 12.7 Å². The molecule has 0 radical (unpaired) electrons. The van der Waals surface area contributed by atoms with Gasteiger partial charge in [0.05, 0.1) is 6.33 Å². The van der Waals surface area contributed by atoms with Gasteiger partial charge in [-0.3, -0.25) is 4.90 Å². The summed E-state index contributed by atoms with van der Waals surface area (Å²) in [4.78, 5) is 20.6. The van der Waals surface area contributed by atoms with Crippen molar-refractivity contribution in [3.63, 3.8) is 0 Å². The Morgan fingerprint density at radius 3 is 2.70 bits per heavy atom. The van der Waals surface area contributed by atoms with Crippen LogP contribution in [-0.4, -0.2) is 51.0 Å². The Balaban J connectivity index is 1.45. The fraction of sp³-hybridized carbons (Fsp3) is 0.312. The van der Waals surface area contributed by atoms with Gasteiger partial charge in [-0.2, -0.15) is 0 Å². The summed E-state index contributed by atoms with van der Waals surface area (Å²) in [5.74, 6) is 0.935. The summed E-state index contributed by atoms with van der Waals surface area (Å²) in [5, 5.41) is 0.838. The van der Waals surface area contributed by atoms with E-state index in [9.17, 15) is 0 Å². The van der Waals surface area contributed by atoms with E-state index in [-0.39, 0.29) is 0 Å². The maximum Gasteiger partial charge on any atom is 0.182 e. The highest BCUT2D eigenvalue weighted by molar-refractivity contribution is 6.31. The molecule has 1 aliphatic heterocycles. The standard InChI is InChI=1S/C16H17ClN6/c17-13-4-2-1-3-12(13)9-22-5-7-23(8-6-22)16-14-15(19-10-18-14)20-11-21-16/h1-4,10-11H,5-9H2,(H,18,19,20,21). The first-order chi connectivity index (χ1) is 11.3. The van der Waals surface area contributed by atoms with Crippen LogP contribution in [0.2, 0.25) is 5.02 Å². The van der Waals surface area contributed by atoms with E-state index in [0.717, 1.165) is 49.1 Å². The van der Waals surface area contributed by atoms with Gasteiger partial charge >= 0.3 is 0 Å². The van der Waals surface area contributed by atoms with Crippen molar-refractivity contribution in [2.45, 2.75) is 6.54 Å². The summed E-state index contributed by atoms with van der Waals surface area (Å²) in [6.45, 7) is 4.69. The average molecular weight is 329 g/mol. The fourth-order valence-corrected chi connectivity index (χ4v) is 3.17. The van der Waals surface area contributed by atoms with Gasteiger partial charge in [0.2, 0.25) is 0 Å². The summed E-state index contributed by atoms with van der Waals surface area (Å²) >= 11 is 6.26. The molecule has 0 amide bonds. The molecule has 7 heteroatoms. The van der Waals surface area contributed by atoms with Crippen molar-refractivity contribution in [1.29, 1.82) is 0 Å². The quantitative estimate of drug-likeness (QED) is 0.799. The Hall–Kier alpha value is -2.18. The second-order valence-electron chi connectivity index (χ2n) is 5.65. The Morgan fingerprint density at radius 2 is 1.87 bits per heavy atom. The molecule has 0 bridgehead atoms. The van der Waals surface area contributed by atoms with Crippen LogP contribution in [0, 0.1) is 0 Å². The van der Waals surface area contributed by atoms with Crippen LogP contribution in [0.4, 0.5) is 5.82 Å². The maximum atomic E-state index is 6.26. The smallest absolute Gasteiger partial charge is 0.182 e. The first-order valence-corrected chi connectivity index (χ1v) is 8.04. The molecule has 118 valence electrons. The molecular weight excluding hydrogens is 312 g/mol. The minimum atomic E-state index is 0.716. The number of nitrogens with zero attached hydrogens (tertiary/aromatic N) is 5. The van der Waals surface area contributed by atoms with Gasteiger partial charge in [-0.15, -0.1) is 0 Å². The lowest BCUT2D eigenvalue weighted by molar-refractivity contribution is 0.249. The molecule has 0 aliphatic carbocycles. The van der Waals surface area contributed by atoms with Gasteiger partial charge < -0.3 is 9.88 Å². The molecule has 0 spiro atoms. The van der Waals surface area contributed by atoms with Crippen LogP contribution in [0.15, 0.2) is 36.9 Å². The van der Waals surface area contributed by atoms with Crippen LogP contribution in [0.25, 0.3) is 11.2 Å². The van der Waals surface area contributed by atoms with E-state index in [1.165, 1.54) is 5.56 Å². The highest BCUT2D eigenvalue weighted by atomic mass is 35.5. The lowest BCUT2D eigenvalue weighted by atomic mass is 10.2. The summed E-state index contributed by atoms with van der Waals surface area (Å²) in [7, 11) is 0. The topological polar surface area (TPSA) is 60.9 Å². The van der Waals surface area contributed by atoms with Crippen LogP contribution in [-0.2, 0) is 6.54 Å². The molecule has 1 saturated heterocycles. The largest absolute Gasteiger partial charge is 0.352 e. The number of hydrogen-bond donors (Lipinski definition) is 1. The lowest BCUT2D eigenvalue weighted by Crippen LogP contribution is -2.46. The Bertz CT molecular complexity index is 809. The summed E-state index contributed by atoms with van der Waals surface area (Å²) in [5.41, 5.74) is 2.81. The first kappa shape index (κ1) is 14.4. The van der Waals surface area contributed by atoms with E-state index in [2.05, 4.69) is 35.8 Å². The number of aromatic amines is 1. The number of hydrogen-bond acceptors (Lipinski definition) is 5. The number of nitrogens with one attached hydrogen (secondary N) is 1. The van der Waals surface area contributed by atoms with Gasteiger partial charge in [0.15, 0.2) is 11.5 Å². The Labute approximate surface area is 139 Å². The van der Waals surface area contributed by atoms with Crippen molar-refractivity contribution in [2.24, 2.45) is 0 Å². The molecule has 3 aromatic rings. The minimum absolute atomic E-state index is 0.716. The van der Waals surface area contributed by atoms with E-state index in [1.807, 2.05) is 18.2 Å². The molecule has 0 atom stereocenters. The van der Waals surface area contributed by atoms with Gasteiger partial charge in [-0.25, -0.2) is 15.0 Å². The lowest BCUT2D eigenvalue weighted by Gasteiger charge is -2.35. The Kier molecular flexibility index (Phi) is 3.85. The highest BCUT2D eigenvalue weighted by Crippen LogP contribution is 2.22. The molecule has 1 fully saturated rings. The van der Waals surface area contributed by atoms with E-state index < -0.39 is 0 Å². The van der Waals surface area contributed by atoms with Gasteiger partial charge in [0, 0.05) is 37.7 Å². The molecule has 1 N–H and O–H groups in total. The summed E-state index contributed by atoms with van der Waals surface area (Å²) in [6.07, 6.45) is 3.24. The number of aromatic nitrogens is 4. The van der Waals surface area contributed by atoms with Gasteiger partial charge in [-0.05, 0) is 11.6 Å². The number of fused-ring (bicyclic) bond motifs is 1. The third kappa shape index (κ3) is 2.87. The van der Waals surface area contributed by atoms with Crippen LogP contribution < -0.4 is 4.90 Å². The summed E-state index contributed by atoms with van der Waals surface area (Å²) in [6, 6.07) is 8.04. The van der Waals surface area contributed by atoms with Crippen molar-refractivity contribution in [2.75, 3.05) is 31.1 Å². The van der Waals surface area contributed by atoms with E-state index >= 15 is 0 Å². The van der Waals surface area contributed by atoms with Crippen LogP contribution >= 0.6 is 11.6 Å². The predicted molar refractivity (Wildman–Crippen MR) is 90.6 cm³/mol. The first-order valence-electron chi connectivity index (χ1n) is 7.66. The van der Waals surface area contributed by atoms with Crippen molar-refractivity contribution in [3.8, 4) is 0 Å². The molecule has 1 aromatic carbocycles. The molecule has 6 nitrogen and oxygen atoms in total. The number of benzene rings is 1. The maximum absolute atomic E-state index is 6.26. The molecular formula is C16H17ClN6. The normalized spacial score (nSPS) is 16.1. The van der Waals surface area contributed by atoms with Gasteiger partial charge in [-0.1, -0.05) is 29.8 Å². The Morgan fingerprint density at radius 1 is 1.04 bits per heavy atom. The average Bonchev–Trinajstić information content (AvgIpc) is 3.06. The molecule has 0 saturated carbocycles. The van der Waals surface area contributed by atoms with E-state index in [4.69, 9.17) is 11.6 Å². The minimum Gasteiger partial charge on any atom is -0.352 e. The van der Waals surface area contributed by atoms with Crippen LogP contribution in [0.3, 0.4) is 0 Å². The SMILES string of the molecule is Clc1ccccc1CN1CCN(c2ncnc3nc[nH]c23)CC1. The van der Waals surface area contributed by atoms with Crippen molar-refractivity contribution >= 4 is 28.6 Å². The predicted octanol–water partition coefficient (Wildman–Crippen LogP) is 2.33. The second-order valence-corrected chi connectivity index (χ2v) is 6.06. The van der Waals surface area contributed by atoms with Crippen molar-refractivity contribution < 1.29 is 0 Å². The molecule has 2 aromatic heterocycles. The number of rotatable bonds is 3. The molecule has 0 unspecified atom stereocenters.